The van der Waals surface area contributed by atoms with Crippen molar-refractivity contribution in [3.05, 3.63) is 60.2 Å². The molecule has 1 aliphatic rings. The molecule has 4 unspecified atom stereocenters. The highest BCUT2D eigenvalue weighted by atomic mass is 35.5. The van der Waals surface area contributed by atoms with Crippen LogP contribution in [-0.4, -0.2) is 139 Å². The third-order valence-corrected chi connectivity index (χ3v) is 18.4. The summed E-state index contributed by atoms with van der Waals surface area (Å²) in [5, 5.41) is 17.8. The Morgan fingerprint density at radius 2 is 0.696 bits per heavy atom. The standard InChI is InChI=1S/C27H52O5.C27H52O4.C25H50O3.C7H5ClO3/c1-3-4-5-6-7-8-9-10-11-12-13-14-15-17-20-29-22-27(24-31-25(2)28)30-21-18-16-19-26-23-32-26;1-4-6-8-10-11-12-13-14-15-16-17-18-19-20-22-29-24-27(25-31-26(3)28)30-23-21-9-7-5-2;1-3-5-7-9-10-11-12-13-14-15-16-17-18-19-21-27-24-25(23-26)28-22-20-8-6-4-2;8-6-3-1-5(2-4-6)7(9)11-10/h26-27H,3-24H2,1-2H3;5,27H,2,4,6-25H2,1,3H3;4,25-26H,2-3,5-24H2,1H3;1-4,10H. The summed E-state index contributed by atoms with van der Waals surface area (Å²) in [5.41, 5.74) is 0.261. The smallest absolute Gasteiger partial charge is 0.372 e. The van der Waals surface area contributed by atoms with E-state index < -0.39 is 5.97 Å². The number of hydrogen-bond donors (Lipinski definition) is 2. The van der Waals surface area contributed by atoms with Crippen molar-refractivity contribution in [3.8, 4) is 0 Å². The number of benzene rings is 1. The van der Waals surface area contributed by atoms with Gasteiger partial charge in [0.15, 0.2) is 0 Å². The van der Waals surface area contributed by atoms with Crippen molar-refractivity contribution >= 4 is 29.5 Å². The quantitative estimate of drug-likeness (QED) is 0.0119. The first-order chi connectivity index (χ1) is 50.0. The van der Waals surface area contributed by atoms with Crippen LogP contribution in [0.4, 0.5) is 0 Å². The molecule has 1 saturated heterocycles. The molecule has 0 radical (unpaired) electrons. The van der Waals surface area contributed by atoms with E-state index in [2.05, 4.69) is 38.8 Å². The summed E-state index contributed by atoms with van der Waals surface area (Å²) in [4.78, 5) is 36.3. The fraction of sp³-hybridized carbons (Fsp3) is 0.849. The van der Waals surface area contributed by atoms with E-state index in [0.29, 0.717) is 50.8 Å². The molecule has 0 amide bonds. The van der Waals surface area contributed by atoms with E-state index in [0.717, 1.165) is 103 Å². The Morgan fingerprint density at radius 1 is 0.422 bits per heavy atom. The molecule has 600 valence electrons. The maximum Gasteiger partial charge on any atom is 0.372 e. The number of carbonyl (C=O) groups excluding carboxylic acids is 3. The number of rotatable bonds is 75. The second kappa shape index (κ2) is 85.3. The Balaban J connectivity index is 0. The highest BCUT2D eigenvalue weighted by Gasteiger charge is 2.21. The Bertz CT molecular complexity index is 1870. The number of aliphatic hydroxyl groups excluding tert-OH is 1. The lowest BCUT2D eigenvalue weighted by atomic mass is 10.0. The van der Waals surface area contributed by atoms with Gasteiger partial charge in [0.2, 0.25) is 0 Å². The molecule has 4 atom stereocenters. The number of allylic oxidation sites excluding steroid dienone is 2. The van der Waals surface area contributed by atoms with Crippen molar-refractivity contribution in [3.63, 3.8) is 0 Å². The molecule has 0 aromatic heterocycles. The first-order valence-electron chi connectivity index (χ1n) is 41.9. The Kier molecular flexibility index (Phi) is 84.5. The summed E-state index contributed by atoms with van der Waals surface area (Å²) in [6, 6.07) is 5.99. The lowest BCUT2D eigenvalue weighted by molar-refractivity contribution is -0.182. The van der Waals surface area contributed by atoms with E-state index in [1.165, 1.54) is 289 Å². The second-order valence-corrected chi connectivity index (χ2v) is 28.6. The van der Waals surface area contributed by atoms with Gasteiger partial charge in [-0.3, -0.25) is 14.5 Å². The molecule has 1 heterocycles. The molecule has 16 heteroatoms. The van der Waals surface area contributed by atoms with Crippen molar-refractivity contribution < 1.29 is 72.3 Å². The number of hydrogen-bond acceptors (Lipinski definition) is 15. The molecule has 0 aliphatic carbocycles. The SMILES string of the molecule is C=CCCCCOC(CO)COCCCCCCCCCCCCCCCC.C=CCCCCOC(COCCCCCCCCCCCCCCCC)COC(C)=O.CCCCCCCCCCCCCCCCOCC(COC(C)=O)OCCCCC1CO1.O=C(OO)c1ccc(Cl)cc1. The monoisotopic (exact) mass is 1470 g/mol. The van der Waals surface area contributed by atoms with Gasteiger partial charge in [0.05, 0.1) is 44.7 Å². The van der Waals surface area contributed by atoms with Gasteiger partial charge in [-0.2, -0.15) is 5.26 Å². The fourth-order valence-electron chi connectivity index (χ4n) is 11.6. The first kappa shape index (κ1) is 101. The van der Waals surface area contributed by atoms with Crippen LogP contribution in [0.5, 0.6) is 0 Å². The molecule has 0 bridgehead atoms. The molecular weight excluding hydrogens is 1310 g/mol. The third kappa shape index (κ3) is 82.7. The first-order valence-corrected chi connectivity index (χ1v) is 42.3. The minimum absolute atomic E-state index is 0.0419. The number of epoxide rings is 1. The van der Waals surface area contributed by atoms with Gasteiger partial charge in [0.1, 0.15) is 31.5 Å². The molecule has 15 nitrogen and oxygen atoms in total. The van der Waals surface area contributed by atoms with Gasteiger partial charge in [-0.15, -0.1) is 13.2 Å². The van der Waals surface area contributed by atoms with Crippen molar-refractivity contribution in [2.45, 2.75) is 386 Å². The zero-order valence-electron chi connectivity index (χ0n) is 66.5. The minimum Gasteiger partial charge on any atom is -0.463 e. The number of esters is 2. The summed E-state index contributed by atoms with van der Waals surface area (Å²) >= 11 is 5.54. The molecule has 102 heavy (non-hydrogen) atoms. The van der Waals surface area contributed by atoms with Gasteiger partial charge in [0, 0.05) is 58.5 Å². The van der Waals surface area contributed by atoms with E-state index >= 15 is 0 Å². The summed E-state index contributed by atoms with van der Waals surface area (Å²) in [5.74, 6) is -1.33. The van der Waals surface area contributed by atoms with Crippen molar-refractivity contribution in [1.82, 2.24) is 0 Å². The van der Waals surface area contributed by atoms with Crippen LogP contribution in [0.15, 0.2) is 49.6 Å². The van der Waals surface area contributed by atoms with Crippen molar-refractivity contribution in [1.29, 1.82) is 0 Å². The van der Waals surface area contributed by atoms with Crippen molar-refractivity contribution in [2.75, 3.05) is 85.9 Å². The normalized spacial score (nSPS) is 13.2. The summed E-state index contributed by atoms with van der Waals surface area (Å²) in [6.07, 6.45) is 70.6. The molecule has 2 N–H and O–H groups in total. The van der Waals surface area contributed by atoms with Crippen LogP contribution in [0, 0.1) is 0 Å². The van der Waals surface area contributed by atoms with Crippen LogP contribution in [0.1, 0.15) is 372 Å². The molecule has 1 aromatic carbocycles. The number of ether oxygens (including phenoxy) is 9. The maximum absolute atomic E-state index is 11.1. The number of carbonyl (C=O) groups is 3. The number of halogens is 1. The number of aliphatic hydroxyl groups is 1. The molecular formula is C86H159ClO15. The van der Waals surface area contributed by atoms with E-state index in [9.17, 15) is 19.5 Å². The predicted octanol–water partition coefficient (Wildman–Crippen LogP) is 24.0. The zero-order valence-corrected chi connectivity index (χ0v) is 67.3. The predicted molar refractivity (Wildman–Crippen MR) is 424 cm³/mol. The average Bonchev–Trinajstić information content (AvgIpc) is 1.71. The topological polar surface area (TPSA) is 187 Å². The van der Waals surface area contributed by atoms with Gasteiger partial charge < -0.3 is 47.7 Å². The Morgan fingerprint density at radius 3 is 0.971 bits per heavy atom. The third-order valence-electron chi connectivity index (χ3n) is 18.1. The maximum atomic E-state index is 11.1. The zero-order chi connectivity index (χ0) is 74.8. The van der Waals surface area contributed by atoms with Gasteiger partial charge in [0.25, 0.3) is 0 Å². The summed E-state index contributed by atoms with van der Waals surface area (Å²) in [7, 11) is 0. The Labute approximate surface area is 631 Å². The van der Waals surface area contributed by atoms with E-state index in [-0.39, 0.29) is 55.6 Å². The van der Waals surface area contributed by atoms with Crippen LogP contribution in [-0.2, 0) is 57.1 Å². The van der Waals surface area contributed by atoms with Crippen LogP contribution in [0.2, 0.25) is 5.02 Å². The lowest BCUT2D eigenvalue weighted by Gasteiger charge is -2.18. The van der Waals surface area contributed by atoms with Crippen LogP contribution < -0.4 is 0 Å². The Hall–Kier alpha value is -2.96. The highest BCUT2D eigenvalue weighted by molar-refractivity contribution is 6.30. The minimum atomic E-state index is -0.790. The molecule has 1 aromatic rings. The molecule has 0 spiro atoms. The summed E-state index contributed by atoms with van der Waals surface area (Å²) in [6.45, 7) is 24.5. The van der Waals surface area contributed by atoms with E-state index in [1.54, 1.807) is 0 Å². The van der Waals surface area contributed by atoms with Crippen LogP contribution in [0.25, 0.3) is 0 Å². The van der Waals surface area contributed by atoms with Crippen LogP contribution in [0.3, 0.4) is 0 Å². The van der Waals surface area contributed by atoms with Crippen molar-refractivity contribution in [2.24, 2.45) is 0 Å². The second-order valence-electron chi connectivity index (χ2n) is 28.2. The highest BCUT2D eigenvalue weighted by Crippen LogP contribution is 2.19. The van der Waals surface area contributed by atoms with Gasteiger partial charge in [-0.25, -0.2) is 4.79 Å². The van der Waals surface area contributed by atoms with Gasteiger partial charge in [-0.1, -0.05) is 295 Å². The van der Waals surface area contributed by atoms with Gasteiger partial charge >= 0.3 is 17.9 Å². The number of unbranched alkanes of at least 4 members (excludes halogenated alkanes) is 44. The molecule has 1 fully saturated rings. The van der Waals surface area contributed by atoms with Crippen LogP contribution >= 0.6 is 11.6 Å². The largest absolute Gasteiger partial charge is 0.463 e. The summed E-state index contributed by atoms with van der Waals surface area (Å²) < 4.78 is 50.1. The molecule has 1 aliphatic heterocycles. The van der Waals surface area contributed by atoms with E-state index in [4.69, 9.17) is 59.5 Å². The van der Waals surface area contributed by atoms with E-state index in [1.807, 2.05) is 12.2 Å². The average molecular weight is 1470 g/mol. The van der Waals surface area contributed by atoms with Gasteiger partial charge in [-0.05, 0) is 101 Å². The molecule has 0 saturated carbocycles. The fourth-order valence-corrected chi connectivity index (χ4v) is 11.7. The lowest BCUT2D eigenvalue weighted by Crippen LogP contribution is -2.27. The molecule has 2 rings (SSSR count).